The number of benzene rings is 1. The van der Waals surface area contributed by atoms with Crippen LogP contribution in [-0.4, -0.2) is 30.1 Å². The summed E-state index contributed by atoms with van der Waals surface area (Å²) in [5, 5.41) is 0. The first kappa shape index (κ1) is 15.8. The Labute approximate surface area is 134 Å². The molecule has 22 heavy (non-hydrogen) atoms. The van der Waals surface area contributed by atoms with Crippen molar-refractivity contribution in [2.45, 2.75) is 65.1 Å². The molecule has 0 bridgehead atoms. The molecule has 1 saturated heterocycles. The van der Waals surface area contributed by atoms with Crippen molar-refractivity contribution in [3.63, 3.8) is 0 Å². The molecule has 4 atom stereocenters. The predicted molar refractivity (Wildman–Crippen MR) is 91.3 cm³/mol. The molecule has 1 fully saturated rings. The lowest BCUT2D eigenvalue weighted by Gasteiger charge is -2.43. The SMILES string of the molecule is Cc1ccc2c(c1C)OCC(CN1C(C)CCCC1C)C2N. The molecular formula is C19H30N2O. The van der Waals surface area contributed by atoms with Crippen molar-refractivity contribution in [1.29, 1.82) is 0 Å². The van der Waals surface area contributed by atoms with Gasteiger partial charge in [0, 0.05) is 36.2 Å². The van der Waals surface area contributed by atoms with Crippen LogP contribution >= 0.6 is 0 Å². The van der Waals surface area contributed by atoms with Crippen LogP contribution in [0.2, 0.25) is 0 Å². The number of nitrogens with two attached hydrogens (primary N) is 1. The second-order valence-corrected chi connectivity index (χ2v) is 7.35. The molecule has 3 rings (SSSR count). The molecule has 0 spiro atoms. The second-order valence-electron chi connectivity index (χ2n) is 7.35. The van der Waals surface area contributed by atoms with Crippen molar-refractivity contribution in [2.75, 3.05) is 13.2 Å². The van der Waals surface area contributed by atoms with E-state index in [1.165, 1.54) is 36.0 Å². The molecule has 2 aliphatic heterocycles. The minimum absolute atomic E-state index is 0.0874. The Morgan fingerprint density at radius 1 is 1.18 bits per heavy atom. The van der Waals surface area contributed by atoms with Crippen LogP contribution in [-0.2, 0) is 0 Å². The highest BCUT2D eigenvalue weighted by molar-refractivity contribution is 5.48. The molecule has 0 aromatic heterocycles. The molecule has 2 N–H and O–H groups in total. The monoisotopic (exact) mass is 302 g/mol. The third kappa shape index (κ3) is 2.77. The van der Waals surface area contributed by atoms with Gasteiger partial charge in [0.2, 0.25) is 0 Å². The highest BCUT2D eigenvalue weighted by atomic mass is 16.5. The van der Waals surface area contributed by atoms with Gasteiger partial charge in [0.1, 0.15) is 5.75 Å². The van der Waals surface area contributed by atoms with Gasteiger partial charge in [-0.15, -0.1) is 0 Å². The quantitative estimate of drug-likeness (QED) is 0.907. The summed E-state index contributed by atoms with van der Waals surface area (Å²) in [5.41, 5.74) is 10.3. The van der Waals surface area contributed by atoms with Crippen LogP contribution in [0, 0.1) is 19.8 Å². The molecular weight excluding hydrogens is 272 g/mol. The largest absolute Gasteiger partial charge is 0.493 e. The van der Waals surface area contributed by atoms with Gasteiger partial charge >= 0.3 is 0 Å². The van der Waals surface area contributed by atoms with Gasteiger partial charge in [-0.05, 0) is 51.7 Å². The minimum Gasteiger partial charge on any atom is -0.493 e. The Balaban J connectivity index is 1.78. The van der Waals surface area contributed by atoms with Gasteiger partial charge in [-0.3, -0.25) is 4.90 Å². The molecule has 0 saturated carbocycles. The molecule has 0 amide bonds. The third-order valence-corrected chi connectivity index (χ3v) is 5.84. The summed E-state index contributed by atoms with van der Waals surface area (Å²) >= 11 is 0. The van der Waals surface area contributed by atoms with E-state index in [0.717, 1.165) is 18.9 Å². The lowest BCUT2D eigenvalue weighted by atomic mass is 9.87. The maximum absolute atomic E-state index is 6.61. The van der Waals surface area contributed by atoms with Gasteiger partial charge < -0.3 is 10.5 Å². The maximum Gasteiger partial charge on any atom is 0.127 e. The van der Waals surface area contributed by atoms with E-state index in [1.54, 1.807) is 0 Å². The molecule has 3 nitrogen and oxygen atoms in total. The topological polar surface area (TPSA) is 38.5 Å². The van der Waals surface area contributed by atoms with Crippen LogP contribution in [0.3, 0.4) is 0 Å². The Kier molecular flexibility index (Phi) is 4.47. The van der Waals surface area contributed by atoms with Crippen molar-refractivity contribution >= 4 is 0 Å². The van der Waals surface area contributed by atoms with Gasteiger partial charge in [-0.25, -0.2) is 0 Å². The average Bonchev–Trinajstić information content (AvgIpc) is 2.49. The van der Waals surface area contributed by atoms with Crippen molar-refractivity contribution in [3.8, 4) is 5.75 Å². The second kappa shape index (κ2) is 6.21. The maximum atomic E-state index is 6.61. The van der Waals surface area contributed by atoms with E-state index in [4.69, 9.17) is 10.5 Å². The first-order chi connectivity index (χ1) is 10.5. The zero-order valence-corrected chi connectivity index (χ0v) is 14.4. The number of hydrogen-bond acceptors (Lipinski definition) is 3. The molecule has 4 unspecified atom stereocenters. The number of nitrogens with zero attached hydrogens (tertiary/aromatic N) is 1. The van der Waals surface area contributed by atoms with E-state index in [0.29, 0.717) is 18.0 Å². The van der Waals surface area contributed by atoms with Gasteiger partial charge in [0.05, 0.1) is 6.61 Å². The van der Waals surface area contributed by atoms with E-state index in [-0.39, 0.29) is 6.04 Å². The minimum atomic E-state index is 0.0874. The standard InChI is InChI=1S/C19H30N2O/c1-12-8-9-17-18(20)16(11-22-19(17)15(12)4)10-21-13(2)6-5-7-14(21)3/h8-9,13-14,16,18H,5-7,10-11,20H2,1-4H3. The smallest absolute Gasteiger partial charge is 0.127 e. The van der Waals surface area contributed by atoms with Crippen molar-refractivity contribution in [2.24, 2.45) is 11.7 Å². The van der Waals surface area contributed by atoms with Crippen molar-refractivity contribution in [1.82, 2.24) is 4.90 Å². The highest BCUT2D eigenvalue weighted by Crippen LogP contribution is 2.38. The van der Waals surface area contributed by atoms with Gasteiger partial charge in [0.25, 0.3) is 0 Å². The fraction of sp³-hybridized carbons (Fsp3) is 0.684. The molecule has 122 valence electrons. The summed E-state index contributed by atoms with van der Waals surface area (Å²) in [7, 11) is 0. The van der Waals surface area contributed by atoms with E-state index in [9.17, 15) is 0 Å². The first-order valence-electron chi connectivity index (χ1n) is 8.73. The summed E-state index contributed by atoms with van der Waals surface area (Å²) in [4.78, 5) is 2.64. The Bertz CT molecular complexity index is 532. The van der Waals surface area contributed by atoms with E-state index < -0.39 is 0 Å². The third-order valence-electron chi connectivity index (χ3n) is 5.84. The Morgan fingerprint density at radius 3 is 2.55 bits per heavy atom. The van der Waals surface area contributed by atoms with Crippen LogP contribution in [0.4, 0.5) is 0 Å². The van der Waals surface area contributed by atoms with Crippen molar-refractivity contribution in [3.05, 3.63) is 28.8 Å². The summed E-state index contributed by atoms with van der Waals surface area (Å²) in [5.74, 6) is 1.42. The summed E-state index contributed by atoms with van der Waals surface area (Å²) in [6.07, 6.45) is 3.97. The summed E-state index contributed by atoms with van der Waals surface area (Å²) in [6, 6.07) is 5.75. The fourth-order valence-corrected chi connectivity index (χ4v) is 4.08. The van der Waals surface area contributed by atoms with Crippen LogP contribution in [0.1, 0.15) is 55.8 Å². The van der Waals surface area contributed by atoms with Crippen LogP contribution in [0.5, 0.6) is 5.75 Å². The first-order valence-corrected chi connectivity index (χ1v) is 8.73. The number of likely N-dealkylation sites (tertiary alicyclic amines) is 1. The lowest BCUT2D eigenvalue weighted by Crippen LogP contribution is -2.49. The molecule has 3 heteroatoms. The number of piperidine rings is 1. The highest BCUT2D eigenvalue weighted by Gasteiger charge is 2.34. The molecule has 2 aliphatic rings. The number of fused-ring (bicyclic) bond motifs is 1. The molecule has 0 aliphatic carbocycles. The molecule has 1 aromatic rings. The normalized spacial score (nSPS) is 32.4. The average molecular weight is 302 g/mol. The number of aryl methyl sites for hydroxylation is 1. The summed E-state index contributed by atoms with van der Waals surface area (Å²) < 4.78 is 6.12. The van der Waals surface area contributed by atoms with Crippen LogP contribution in [0.25, 0.3) is 0 Å². The molecule has 0 radical (unpaired) electrons. The molecule has 1 aromatic carbocycles. The van der Waals surface area contributed by atoms with Crippen molar-refractivity contribution < 1.29 is 4.74 Å². The number of rotatable bonds is 2. The zero-order valence-electron chi connectivity index (χ0n) is 14.4. The number of hydrogen-bond donors (Lipinski definition) is 1. The van der Waals surface area contributed by atoms with Crippen LogP contribution in [0.15, 0.2) is 12.1 Å². The van der Waals surface area contributed by atoms with Gasteiger partial charge in [-0.2, -0.15) is 0 Å². The lowest BCUT2D eigenvalue weighted by molar-refractivity contribution is 0.0577. The van der Waals surface area contributed by atoms with E-state index in [2.05, 4.69) is 44.7 Å². The zero-order chi connectivity index (χ0) is 15.9. The van der Waals surface area contributed by atoms with Gasteiger partial charge in [0.15, 0.2) is 0 Å². The molecule has 2 heterocycles. The van der Waals surface area contributed by atoms with E-state index in [1.807, 2.05) is 0 Å². The van der Waals surface area contributed by atoms with Crippen LogP contribution < -0.4 is 10.5 Å². The Hall–Kier alpha value is -1.06. The van der Waals surface area contributed by atoms with Gasteiger partial charge in [-0.1, -0.05) is 18.6 Å². The number of ether oxygens (including phenoxy) is 1. The fourth-order valence-electron chi connectivity index (χ4n) is 4.08. The van der Waals surface area contributed by atoms with E-state index >= 15 is 0 Å². The summed E-state index contributed by atoms with van der Waals surface area (Å²) in [6.45, 7) is 10.8. The predicted octanol–water partition coefficient (Wildman–Crippen LogP) is 3.57. The Morgan fingerprint density at radius 2 is 1.86 bits per heavy atom.